The van der Waals surface area contributed by atoms with Crippen molar-refractivity contribution in [1.29, 1.82) is 0 Å². The van der Waals surface area contributed by atoms with Gasteiger partial charge in [-0.1, -0.05) is 11.6 Å². The summed E-state index contributed by atoms with van der Waals surface area (Å²) >= 11 is 5.71. The van der Waals surface area contributed by atoms with Gasteiger partial charge in [0.05, 0.1) is 0 Å². The molecule has 6 heteroatoms. The minimum absolute atomic E-state index is 0.331. The van der Waals surface area contributed by atoms with E-state index in [1.54, 1.807) is 29.2 Å². The molecule has 0 heterocycles. The minimum Gasteiger partial charge on any atom is -0.324 e. The first-order valence-corrected chi connectivity index (χ1v) is 6.07. The van der Waals surface area contributed by atoms with E-state index in [1.165, 1.54) is 0 Å². The number of hydrazine groups is 1. The number of carbonyl (C=O) groups is 2. The van der Waals surface area contributed by atoms with Gasteiger partial charge in [0.25, 0.3) is 5.91 Å². The Hall–Kier alpha value is -1.75. The molecule has 0 aliphatic heterocycles. The van der Waals surface area contributed by atoms with Gasteiger partial charge < -0.3 is 4.90 Å². The number of amides is 3. The van der Waals surface area contributed by atoms with Gasteiger partial charge in [-0.2, -0.15) is 0 Å². The van der Waals surface area contributed by atoms with Gasteiger partial charge in [-0.15, -0.1) is 0 Å². The van der Waals surface area contributed by atoms with Crippen LogP contribution in [-0.2, 0) is 0 Å². The van der Waals surface area contributed by atoms with Crippen LogP contribution in [0.2, 0.25) is 5.02 Å². The number of nitrogens with zero attached hydrogens (tertiary/aromatic N) is 1. The van der Waals surface area contributed by atoms with Crippen LogP contribution in [0.4, 0.5) is 4.79 Å². The average Bonchev–Trinajstić information content (AvgIpc) is 2.38. The Bertz CT molecular complexity index is 416. The van der Waals surface area contributed by atoms with E-state index in [4.69, 9.17) is 11.6 Å². The Kier molecular flexibility index (Phi) is 5.45. The maximum Gasteiger partial charge on any atom is 0.336 e. The second-order valence-corrected chi connectivity index (χ2v) is 4.00. The average molecular weight is 270 g/mol. The molecule has 1 aromatic rings. The molecule has 0 aliphatic rings. The van der Waals surface area contributed by atoms with Gasteiger partial charge in [0.1, 0.15) is 0 Å². The van der Waals surface area contributed by atoms with Crippen molar-refractivity contribution in [1.82, 2.24) is 15.8 Å². The topological polar surface area (TPSA) is 61.4 Å². The lowest BCUT2D eigenvalue weighted by molar-refractivity contribution is 0.0930. The van der Waals surface area contributed by atoms with Crippen LogP contribution in [0.1, 0.15) is 24.2 Å². The molecule has 1 rings (SSSR count). The molecular weight excluding hydrogens is 254 g/mol. The number of carbonyl (C=O) groups excluding carboxylic acids is 2. The number of nitrogens with one attached hydrogen (secondary N) is 2. The Morgan fingerprint density at radius 2 is 1.67 bits per heavy atom. The summed E-state index contributed by atoms with van der Waals surface area (Å²) in [5, 5.41) is 0.554. The van der Waals surface area contributed by atoms with Crippen molar-refractivity contribution in [2.24, 2.45) is 0 Å². The van der Waals surface area contributed by atoms with Crippen molar-refractivity contribution >= 4 is 23.5 Å². The van der Waals surface area contributed by atoms with E-state index in [-0.39, 0.29) is 11.9 Å². The number of hydrogen-bond acceptors (Lipinski definition) is 2. The number of benzene rings is 1. The van der Waals surface area contributed by atoms with Crippen molar-refractivity contribution < 1.29 is 9.59 Å². The fourth-order valence-corrected chi connectivity index (χ4v) is 1.50. The molecule has 0 spiro atoms. The summed E-state index contributed by atoms with van der Waals surface area (Å²) in [5.74, 6) is -0.382. The van der Waals surface area contributed by atoms with E-state index >= 15 is 0 Å². The minimum atomic E-state index is -0.382. The Labute approximate surface area is 111 Å². The van der Waals surface area contributed by atoms with Gasteiger partial charge >= 0.3 is 6.03 Å². The molecule has 1 aromatic carbocycles. The van der Waals surface area contributed by atoms with Crippen molar-refractivity contribution in [3.05, 3.63) is 34.9 Å². The van der Waals surface area contributed by atoms with Crippen molar-refractivity contribution in [3.8, 4) is 0 Å². The molecule has 0 bridgehead atoms. The maximum atomic E-state index is 11.7. The van der Waals surface area contributed by atoms with Crippen LogP contribution >= 0.6 is 11.6 Å². The molecule has 0 fully saturated rings. The normalized spacial score (nSPS) is 9.72. The molecule has 3 amide bonds. The highest BCUT2D eigenvalue weighted by Gasteiger charge is 2.10. The number of rotatable bonds is 3. The van der Waals surface area contributed by atoms with Crippen molar-refractivity contribution in [2.45, 2.75) is 13.8 Å². The lowest BCUT2D eigenvalue weighted by Crippen LogP contribution is -2.48. The molecule has 2 N–H and O–H groups in total. The number of halogens is 1. The van der Waals surface area contributed by atoms with E-state index in [0.717, 1.165) is 0 Å². The first-order valence-electron chi connectivity index (χ1n) is 5.69. The molecule has 0 unspecified atom stereocenters. The highest BCUT2D eigenvalue weighted by atomic mass is 35.5. The zero-order chi connectivity index (χ0) is 13.5. The van der Waals surface area contributed by atoms with Crippen LogP contribution in [-0.4, -0.2) is 29.9 Å². The van der Waals surface area contributed by atoms with E-state index in [1.807, 2.05) is 13.8 Å². The predicted octanol–water partition coefficient (Wildman–Crippen LogP) is 2.04. The first kappa shape index (κ1) is 14.3. The van der Waals surface area contributed by atoms with Crippen LogP contribution in [0.5, 0.6) is 0 Å². The lowest BCUT2D eigenvalue weighted by Gasteiger charge is -2.19. The van der Waals surface area contributed by atoms with Gasteiger partial charge in [0, 0.05) is 23.7 Å². The van der Waals surface area contributed by atoms with Crippen molar-refractivity contribution in [3.63, 3.8) is 0 Å². The zero-order valence-electron chi connectivity index (χ0n) is 10.4. The summed E-state index contributed by atoms with van der Waals surface area (Å²) in [7, 11) is 0. The summed E-state index contributed by atoms with van der Waals surface area (Å²) in [5.41, 5.74) is 5.13. The third kappa shape index (κ3) is 3.92. The standard InChI is InChI=1S/C12H16ClN3O2/c1-3-16(4-2)12(18)15-14-11(17)9-5-7-10(13)8-6-9/h5-8H,3-4H2,1-2H3,(H,14,17)(H,15,18). The smallest absolute Gasteiger partial charge is 0.324 e. The first-order chi connectivity index (χ1) is 8.58. The molecule has 5 nitrogen and oxygen atoms in total. The van der Waals surface area contributed by atoms with Crippen LogP contribution in [0.3, 0.4) is 0 Å². The van der Waals surface area contributed by atoms with Crippen LogP contribution < -0.4 is 10.9 Å². The lowest BCUT2D eigenvalue weighted by atomic mass is 10.2. The predicted molar refractivity (Wildman–Crippen MR) is 70.4 cm³/mol. The fraction of sp³-hybridized carbons (Fsp3) is 0.333. The number of urea groups is 1. The number of hydrogen-bond donors (Lipinski definition) is 2. The second-order valence-electron chi connectivity index (χ2n) is 3.56. The molecule has 0 atom stereocenters. The summed E-state index contributed by atoms with van der Waals surface area (Å²) in [6.45, 7) is 4.90. The van der Waals surface area contributed by atoms with Gasteiger partial charge in [-0.3, -0.25) is 10.2 Å². The molecule has 0 saturated heterocycles. The Balaban J connectivity index is 2.51. The van der Waals surface area contributed by atoms with Crippen LogP contribution in [0.25, 0.3) is 0 Å². The second kappa shape index (κ2) is 6.86. The largest absolute Gasteiger partial charge is 0.336 e. The monoisotopic (exact) mass is 269 g/mol. The third-order valence-corrected chi connectivity index (χ3v) is 2.69. The van der Waals surface area contributed by atoms with E-state index in [9.17, 15) is 9.59 Å². The van der Waals surface area contributed by atoms with Gasteiger partial charge in [-0.05, 0) is 38.1 Å². The Morgan fingerprint density at radius 1 is 1.11 bits per heavy atom. The Morgan fingerprint density at radius 3 is 2.17 bits per heavy atom. The third-order valence-electron chi connectivity index (χ3n) is 2.44. The molecule has 18 heavy (non-hydrogen) atoms. The van der Waals surface area contributed by atoms with E-state index < -0.39 is 0 Å². The van der Waals surface area contributed by atoms with Gasteiger partial charge in [-0.25, -0.2) is 10.2 Å². The molecule has 0 radical (unpaired) electrons. The van der Waals surface area contributed by atoms with E-state index in [2.05, 4.69) is 10.9 Å². The van der Waals surface area contributed by atoms with E-state index in [0.29, 0.717) is 23.7 Å². The zero-order valence-corrected chi connectivity index (χ0v) is 11.1. The van der Waals surface area contributed by atoms with Crippen LogP contribution in [0.15, 0.2) is 24.3 Å². The highest BCUT2D eigenvalue weighted by Crippen LogP contribution is 2.08. The highest BCUT2D eigenvalue weighted by molar-refractivity contribution is 6.30. The SMILES string of the molecule is CCN(CC)C(=O)NNC(=O)c1ccc(Cl)cc1. The summed E-state index contributed by atoms with van der Waals surface area (Å²) in [4.78, 5) is 24.8. The summed E-state index contributed by atoms with van der Waals surface area (Å²) in [6, 6.07) is 6.07. The molecule has 0 aliphatic carbocycles. The molecule has 98 valence electrons. The fourth-order valence-electron chi connectivity index (χ4n) is 1.37. The maximum absolute atomic E-state index is 11.7. The quantitative estimate of drug-likeness (QED) is 0.825. The molecular formula is C12H16ClN3O2. The molecule has 0 aromatic heterocycles. The van der Waals surface area contributed by atoms with Crippen LogP contribution in [0, 0.1) is 0 Å². The van der Waals surface area contributed by atoms with Crippen molar-refractivity contribution in [2.75, 3.05) is 13.1 Å². The summed E-state index contributed by atoms with van der Waals surface area (Å²) in [6.07, 6.45) is 0. The van der Waals surface area contributed by atoms with Gasteiger partial charge in [0.15, 0.2) is 0 Å². The van der Waals surface area contributed by atoms with Gasteiger partial charge in [0.2, 0.25) is 0 Å². The molecule has 0 saturated carbocycles. The summed E-state index contributed by atoms with van der Waals surface area (Å²) < 4.78 is 0.